The first-order chi connectivity index (χ1) is 66.7. The Morgan fingerprint density at radius 2 is 0.830 bits per heavy atom. The molecule has 1 saturated heterocycles. The molecule has 0 spiro atoms. The highest BCUT2D eigenvalue weighted by Crippen LogP contribution is 2.42. The number of sulfonamides is 1. The molecule has 0 radical (unpaired) electrons. The van der Waals surface area contributed by atoms with E-state index in [0.29, 0.717) is 118 Å². The van der Waals surface area contributed by atoms with Crippen LogP contribution in [0.25, 0.3) is 62.2 Å². The summed E-state index contributed by atoms with van der Waals surface area (Å²) in [5.74, 6) is 1.91. The lowest BCUT2D eigenvalue weighted by molar-refractivity contribution is 0.0897. The van der Waals surface area contributed by atoms with Crippen molar-refractivity contribution < 1.29 is 62.9 Å². The van der Waals surface area contributed by atoms with Crippen LogP contribution in [0.15, 0.2) is 142 Å². The van der Waals surface area contributed by atoms with E-state index in [2.05, 4.69) is 88.4 Å². The van der Waals surface area contributed by atoms with E-state index in [1.807, 2.05) is 119 Å². The first-order valence-corrected chi connectivity index (χ1v) is 53.0. The molecule has 736 valence electrons. The first kappa shape index (κ1) is 105. The van der Waals surface area contributed by atoms with Crippen molar-refractivity contribution in [1.82, 2.24) is 86.9 Å². The number of nitrogens with one attached hydrogen (secondary N) is 5. The number of nitrogen functional groups attached to an aromatic ring is 5. The van der Waals surface area contributed by atoms with E-state index >= 15 is 0 Å². The van der Waals surface area contributed by atoms with Gasteiger partial charge in [-0.2, -0.15) is 29.8 Å². The van der Waals surface area contributed by atoms with Crippen molar-refractivity contribution in [2.45, 2.75) is 155 Å². The van der Waals surface area contributed by atoms with Crippen LogP contribution in [-0.4, -0.2) is 155 Å². The molecule has 33 nitrogen and oxygen atoms in total. The smallest absolute Gasteiger partial charge is 0.263 e. The summed E-state index contributed by atoms with van der Waals surface area (Å²) in [6, 6.07) is 33.8. The Morgan fingerprint density at radius 3 is 1.18 bits per heavy atom. The molecule has 141 heavy (non-hydrogen) atoms. The molecule has 1 fully saturated rings. The number of aromatic nitrogens is 11. The summed E-state index contributed by atoms with van der Waals surface area (Å²) in [4.78, 5) is 72.5. The SMILES string of the molecule is C=S(C)(=O)c1ccc(CNC(=O)c2sc3nnc(C)c(C)c3c2N)cc1F.CCc1cccc(S(=O)(=O)N2CC(NC(=O)c3sc4nnc(C)c(C)c4c3N)C2)c1.COc1ncccc1-c1ccc(CNC(=O)c2sc3nnc(C)c(C)c3c2N)cc1.Cc1nnc2sc(C(=O)NCc3ccc(C(C)F)cc3)c(N)c2c1C.Cc1nnc2sc(C(=O)NCc3ccc(S(=O)(=O)C(C)F)c(Cl)c3)c(N)c2c1C. The summed E-state index contributed by atoms with van der Waals surface area (Å²) in [7, 11) is -8.75. The number of rotatable bonds is 23. The number of amides is 5. The molecule has 0 saturated carbocycles. The summed E-state index contributed by atoms with van der Waals surface area (Å²) < 4.78 is 109. The van der Waals surface area contributed by atoms with E-state index in [9.17, 15) is 58.2 Å². The van der Waals surface area contributed by atoms with Crippen LogP contribution in [0.3, 0.4) is 0 Å². The second-order valence-corrected chi connectivity index (χ2v) is 45.1. The number of alkyl halides is 2. The van der Waals surface area contributed by atoms with Crippen LogP contribution < -0.4 is 60.0 Å². The zero-order valence-corrected chi connectivity index (χ0v) is 86.3. The Hall–Kier alpha value is -13.4. The molecule has 16 aromatic rings. The van der Waals surface area contributed by atoms with Crippen LogP contribution >= 0.6 is 68.3 Å². The predicted molar refractivity (Wildman–Crippen MR) is 554 cm³/mol. The third-order valence-electron chi connectivity index (χ3n) is 23.5. The standard InChI is InChI=1S/C22H21N5O2S.C20H23N5O3S2.C18H18ClFN4O3S2.C18H19FN4O2S2.C18H19FN4OS/c1-12-13(2)26-27-22-17(12)18(23)19(30-22)20(28)25-11-14-6-8-15(9-7-14)16-5-4-10-24-21(16)29-3;1-4-13-6-5-7-15(8-13)30(27,28)25-9-14(10-25)22-19(26)18-17(21)16-11(2)12(3)23-24-20(16)29-18;1-8-9(2)23-24-18-14(8)15(21)16(28-18)17(25)22-7-11-4-5-13(12(19)6-11)29(26,27)10(3)20;1-9-10(2)22-23-18-14(9)15(20)16(26-18)17(24)21-8-11-5-6-13(12(19)7-11)27(3,4)25;1-9-11(3)22-23-18-14(9)15(20)16(25-18)17(24)21-8-12-4-6-13(7-5-12)10(2)19/h4-10H,11,23H2,1-3H3,(H,25,28);5-8,14H,4,9-10,21H2,1-3H3,(H,22,26);4-6,10H,7,21H2,1-3H3,(H,22,25);5-7H,3,8,20H2,1-2,4H3,(H,21,24);4-7,10H,8,20H2,1-3H3,(H,21,24). The highest BCUT2D eigenvalue weighted by Gasteiger charge is 2.39. The largest absolute Gasteiger partial charge is 0.481 e. The van der Waals surface area contributed by atoms with E-state index in [4.69, 9.17) is 45.0 Å². The van der Waals surface area contributed by atoms with Gasteiger partial charge in [-0.3, -0.25) is 28.2 Å². The molecular weight excluding hydrogens is 1990 g/mol. The van der Waals surface area contributed by atoms with E-state index in [-0.39, 0.29) is 75.6 Å². The Bertz CT molecular complexity index is 7960. The van der Waals surface area contributed by atoms with Crippen LogP contribution in [-0.2, 0) is 62.0 Å². The topological polar surface area (TPSA) is 515 Å². The summed E-state index contributed by atoms with van der Waals surface area (Å²) >= 11 is 12.0. The van der Waals surface area contributed by atoms with Gasteiger partial charge in [-0.05, 0) is 220 Å². The lowest BCUT2D eigenvalue weighted by Gasteiger charge is -2.38. The molecule has 45 heteroatoms. The molecule has 1 aliphatic rings. The monoisotopic (exact) mass is 2080 g/mol. The van der Waals surface area contributed by atoms with Crippen molar-refractivity contribution in [1.29, 1.82) is 0 Å². The summed E-state index contributed by atoms with van der Waals surface area (Å²) in [6.07, 6.45) is 2.83. The first-order valence-electron chi connectivity index (χ1n) is 43.4. The van der Waals surface area contributed by atoms with Gasteiger partial charge in [-0.25, -0.2) is 35.0 Å². The summed E-state index contributed by atoms with van der Waals surface area (Å²) in [5, 5.41) is 58.8. The number of nitrogens with two attached hydrogens (primary N) is 5. The second kappa shape index (κ2) is 43.7. The number of nitrogens with zero attached hydrogens (tertiary/aromatic N) is 12. The lowest BCUT2D eigenvalue weighted by Crippen LogP contribution is -2.60. The van der Waals surface area contributed by atoms with Crippen molar-refractivity contribution >= 4 is 213 Å². The number of carbonyl (C=O) groups excluding carboxylic acids is 5. The average Bonchev–Trinajstić information content (AvgIpc) is 1.64. The van der Waals surface area contributed by atoms with Crippen molar-refractivity contribution in [2.75, 3.05) is 55.1 Å². The minimum absolute atomic E-state index is 0.0655. The van der Waals surface area contributed by atoms with Crippen molar-refractivity contribution in [3.05, 3.63) is 252 Å². The number of carbonyl (C=O) groups is 5. The predicted octanol–water partition coefficient (Wildman–Crippen LogP) is 16.2. The number of hydrogen-bond acceptors (Lipinski definition) is 32. The molecule has 0 aliphatic carbocycles. The van der Waals surface area contributed by atoms with Gasteiger partial charge >= 0.3 is 0 Å². The number of halogens is 4. The van der Waals surface area contributed by atoms with E-state index in [1.54, 1.807) is 61.8 Å². The van der Waals surface area contributed by atoms with Crippen molar-refractivity contribution in [3.63, 3.8) is 0 Å². The highest BCUT2D eigenvalue weighted by atomic mass is 35.5. The number of aryl methyl sites for hydroxylation is 11. The fraction of sp³-hybridized carbons (Fsp3) is 0.260. The van der Waals surface area contributed by atoms with Gasteiger partial charge in [0, 0.05) is 84.2 Å². The van der Waals surface area contributed by atoms with Crippen LogP contribution in [0, 0.1) is 75.1 Å². The van der Waals surface area contributed by atoms with Crippen molar-refractivity contribution in [3.8, 4) is 17.0 Å². The number of sulfone groups is 1. The molecular formula is C96H100ClF3N22O11S8. The molecule has 17 rings (SSSR count). The molecule has 1 aliphatic heterocycles. The number of ether oxygens (including phenoxy) is 1. The van der Waals surface area contributed by atoms with Crippen LogP contribution in [0.2, 0.25) is 5.02 Å². The minimum Gasteiger partial charge on any atom is -0.481 e. The number of methoxy groups -OCH3 is 1. The lowest BCUT2D eigenvalue weighted by atomic mass is 10.1. The van der Waals surface area contributed by atoms with Crippen molar-refractivity contribution in [2.24, 2.45) is 0 Å². The summed E-state index contributed by atoms with van der Waals surface area (Å²) in [6.45, 7) is 24.5. The Labute approximate surface area is 835 Å². The third kappa shape index (κ3) is 22.9. The maximum absolute atomic E-state index is 14.1. The second-order valence-electron chi connectivity index (χ2n) is 33.1. The third-order valence-corrected chi connectivity index (χ3v) is 34.3. The summed E-state index contributed by atoms with van der Waals surface area (Å²) in [5.41, 5.74) is 45.8. The number of benzene rings is 5. The van der Waals surface area contributed by atoms with Gasteiger partial charge in [0.05, 0.1) is 89.8 Å². The maximum atomic E-state index is 14.1. The molecule has 11 aromatic heterocycles. The minimum atomic E-state index is -4.14. The number of anilines is 5. The molecule has 5 amide bonds. The Morgan fingerprint density at radius 1 is 0.475 bits per heavy atom. The average molecular weight is 2090 g/mol. The van der Waals surface area contributed by atoms with Gasteiger partial charge in [0.15, 0.2) is 0 Å². The molecule has 3 unspecified atom stereocenters. The number of thiophene rings is 5. The van der Waals surface area contributed by atoms with E-state index in [1.165, 1.54) is 93.2 Å². The van der Waals surface area contributed by atoms with E-state index < -0.39 is 52.8 Å². The van der Waals surface area contributed by atoms with Crippen LogP contribution in [0.1, 0.15) is 165 Å². The zero-order chi connectivity index (χ0) is 102. The van der Waals surface area contributed by atoms with E-state index in [0.717, 1.165) is 130 Å². The molecule has 3 atom stereocenters. The Kier molecular flexibility index (Phi) is 32.5. The van der Waals surface area contributed by atoms with Gasteiger partial charge in [0.25, 0.3) is 29.5 Å². The normalized spacial score (nSPS) is 13.0. The highest BCUT2D eigenvalue weighted by molar-refractivity contribution is 7.99. The van der Waals surface area contributed by atoms with Gasteiger partial charge in [-0.1, -0.05) is 91.3 Å². The fourth-order valence-corrected chi connectivity index (χ4v) is 23.7. The number of fused-ring (bicyclic) bond motifs is 5. The zero-order valence-electron chi connectivity index (χ0n) is 79.0. The van der Waals surface area contributed by atoms with Gasteiger partial charge in [0.2, 0.25) is 31.2 Å². The molecule has 0 bridgehead atoms. The maximum Gasteiger partial charge on any atom is 0.263 e. The van der Waals surface area contributed by atoms with Crippen LogP contribution in [0.4, 0.5) is 41.6 Å². The quantitative estimate of drug-likeness (QED) is 0.0266. The molecule has 12 heterocycles. The van der Waals surface area contributed by atoms with Gasteiger partial charge < -0.3 is 60.0 Å². The number of hydrogen-bond donors (Lipinski definition) is 10. The fourth-order valence-electron chi connectivity index (χ4n) is 14.7. The number of pyridine rings is 1. The van der Waals surface area contributed by atoms with Crippen LogP contribution in [0.5, 0.6) is 5.88 Å². The Balaban J connectivity index is 0.000000148. The van der Waals surface area contributed by atoms with Gasteiger partial charge in [0.1, 0.15) is 60.5 Å². The van der Waals surface area contributed by atoms with Gasteiger partial charge in [-0.15, -0.1) is 82.2 Å². The molecule has 15 N–H and O–H groups in total. The molecule has 5 aromatic carbocycles.